The molecule has 24 heavy (non-hydrogen) atoms. The van der Waals surface area contributed by atoms with Crippen molar-refractivity contribution < 1.29 is 19.1 Å². The Morgan fingerprint density at radius 1 is 1.17 bits per heavy atom. The van der Waals surface area contributed by atoms with Crippen LogP contribution in [-0.2, 0) is 20.9 Å². The molecule has 5 heteroatoms. The van der Waals surface area contributed by atoms with Crippen molar-refractivity contribution in [1.29, 1.82) is 0 Å². The number of hydrogen-bond acceptors (Lipinski definition) is 4. The van der Waals surface area contributed by atoms with Crippen molar-refractivity contribution in [2.24, 2.45) is 5.92 Å². The number of amides is 1. The average molecular weight is 333 g/mol. The fraction of sp³-hybridized carbons (Fsp3) is 0.579. The predicted molar refractivity (Wildman–Crippen MR) is 91.6 cm³/mol. The summed E-state index contributed by atoms with van der Waals surface area (Å²) in [5.41, 5.74) is 1.41. The molecule has 0 bridgehead atoms. The third-order valence-electron chi connectivity index (χ3n) is 4.44. The maximum Gasteiger partial charge on any atom is 0.338 e. The van der Waals surface area contributed by atoms with Gasteiger partial charge in [-0.1, -0.05) is 31.4 Å². The largest absolute Gasteiger partial charge is 0.449 e. The molecule has 132 valence electrons. The van der Waals surface area contributed by atoms with E-state index in [0.717, 1.165) is 5.56 Å². The maximum absolute atomic E-state index is 12.1. The normalized spacial score (nSPS) is 16.4. The third kappa shape index (κ3) is 5.64. The number of hydrogen-bond donors (Lipinski definition) is 1. The smallest absolute Gasteiger partial charge is 0.338 e. The van der Waals surface area contributed by atoms with Crippen LogP contribution in [0.4, 0.5) is 0 Å². The monoisotopic (exact) mass is 333 g/mol. The maximum atomic E-state index is 12.1. The second kappa shape index (κ2) is 9.42. The van der Waals surface area contributed by atoms with Gasteiger partial charge in [0.25, 0.3) is 5.91 Å². The standard InChI is InChI=1S/C19H27NO4/c1-14(18(21)20-12-15-6-4-3-5-7-15)24-19(22)17-10-8-16(9-11-17)13-23-2/h8-11,14-15H,3-7,12-13H2,1-2H3,(H,20,21)/t14-/m0/s1. The lowest BCUT2D eigenvalue weighted by Gasteiger charge is -2.22. The highest BCUT2D eigenvalue weighted by atomic mass is 16.5. The topological polar surface area (TPSA) is 64.6 Å². The molecule has 2 rings (SSSR count). The highest BCUT2D eigenvalue weighted by Crippen LogP contribution is 2.22. The van der Waals surface area contributed by atoms with Crippen molar-refractivity contribution in [2.45, 2.75) is 51.7 Å². The molecule has 1 aliphatic carbocycles. The SMILES string of the molecule is COCc1ccc(C(=O)O[C@@H](C)C(=O)NCC2CCCCC2)cc1. The number of ether oxygens (including phenoxy) is 2. The van der Waals surface area contributed by atoms with Gasteiger partial charge in [0, 0.05) is 13.7 Å². The molecule has 0 saturated heterocycles. The van der Waals surface area contributed by atoms with Crippen LogP contribution >= 0.6 is 0 Å². The lowest BCUT2D eigenvalue weighted by molar-refractivity contribution is -0.129. The summed E-state index contributed by atoms with van der Waals surface area (Å²) in [6.45, 7) is 2.77. The summed E-state index contributed by atoms with van der Waals surface area (Å²) in [5.74, 6) is -0.164. The van der Waals surface area contributed by atoms with Gasteiger partial charge in [-0.25, -0.2) is 4.79 Å². The van der Waals surface area contributed by atoms with E-state index in [-0.39, 0.29) is 5.91 Å². The van der Waals surface area contributed by atoms with Crippen LogP contribution in [0.2, 0.25) is 0 Å². The molecule has 0 heterocycles. The Bertz CT molecular complexity index is 535. The number of benzene rings is 1. The van der Waals surface area contributed by atoms with Gasteiger partial charge in [-0.15, -0.1) is 0 Å². The molecule has 0 aliphatic heterocycles. The summed E-state index contributed by atoms with van der Waals surface area (Å²) < 4.78 is 10.3. The molecule has 1 N–H and O–H groups in total. The van der Waals surface area contributed by atoms with Crippen LogP contribution in [0.5, 0.6) is 0 Å². The van der Waals surface area contributed by atoms with Crippen molar-refractivity contribution in [2.75, 3.05) is 13.7 Å². The Morgan fingerprint density at radius 2 is 1.83 bits per heavy atom. The van der Waals surface area contributed by atoms with Gasteiger partial charge in [-0.05, 0) is 43.4 Å². The van der Waals surface area contributed by atoms with Crippen LogP contribution in [0.15, 0.2) is 24.3 Å². The minimum atomic E-state index is -0.792. The molecule has 1 amide bonds. The summed E-state index contributed by atoms with van der Waals surface area (Å²) in [6, 6.07) is 6.99. The highest BCUT2D eigenvalue weighted by molar-refractivity contribution is 5.92. The van der Waals surface area contributed by atoms with Gasteiger partial charge in [0.05, 0.1) is 12.2 Å². The molecule has 1 fully saturated rings. The Morgan fingerprint density at radius 3 is 2.46 bits per heavy atom. The first-order chi connectivity index (χ1) is 11.6. The van der Waals surface area contributed by atoms with E-state index in [1.165, 1.54) is 32.1 Å². The van der Waals surface area contributed by atoms with E-state index < -0.39 is 12.1 Å². The van der Waals surface area contributed by atoms with E-state index in [1.807, 2.05) is 12.1 Å². The van der Waals surface area contributed by atoms with Crippen LogP contribution in [0.1, 0.15) is 54.9 Å². The number of esters is 1. The summed E-state index contributed by atoms with van der Waals surface area (Å²) in [7, 11) is 1.62. The Balaban J connectivity index is 1.78. The van der Waals surface area contributed by atoms with Crippen molar-refractivity contribution in [3.05, 3.63) is 35.4 Å². The average Bonchev–Trinajstić information content (AvgIpc) is 2.61. The molecular formula is C19H27NO4. The van der Waals surface area contributed by atoms with E-state index in [4.69, 9.17) is 9.47 Å². The minimum Gasteiger partial charge on any atom is -0.449 e. The van der Waals surface area contributed by atoms with Crippen molar-refractivity contribution in [3.8, 4) is 0 Å². The zero-order valence-corrected chi connectivity index (χ0v) is 14.5. The Kier molecular flexibility index (Phi) is 7.25. The first-order valence-corrected chi connectivity index (χ1v) is 8.66. The molecule has 1 aliphatic rings. The second-order valence-electron chi connectivity index (χ2n) is 6.43. The summed E-state index contributed by atoms with van der Waals surface area (Å²) in [4.78, 5) is 24.2. The highest BCUT2D eigenvalue weighted by Gasteiger charge is 2.20. The quantitative estimate of drug-likeness (QED) is 0.779. The molecule has 1 atom stereocenters. The molecular weight excluding hydrogens is 306 g/mol. The molecule has 0 unspecified atom stereocenters. The van der Waals surface area contributed by atoms with Gasteiger partial charge < -0.3 is 14.8 Å². The molecule has 1 saturated carbocycles. The third-order valence-corrected chi connectivity index (χ3v) is 4.44. The number of methoxy groups -OCH3 is 1. The number of carbonyl (C=O) groups excluding carboxylic acids is 2. The van der Waals surface area contributed by atoms with Gasteiger partial charge >= 0.3 is 5.97 Å². The van der Waals surface area contributed by atoms with Crippen LogP contribution in [0.25, 0.3) is 0 Å². The molecule has 0 aromatic heterocycles. The number of nitrogens with one attached hydrogen (secondary N) is 1. The second-order valence-corrected chi connectivity index (χ2v) is 6.43. The lowest BCUT2D eigenvalue weighted by Crippen LogP contribution is -2.38. The van der Waals surface area contributed by atoms with Crippen LogP contribution in [-0.4, -0.2) is 31.6 Å². The summed E-state index contributed by atoms with van der Waals surface area (Å²) in [5, 5.41) is 2.90. The van der Waals surface area contributed by atoms with E-state index in [2.05, 4.69) is 5.32 Å². The van der Waals surface area contributed by atoms with Gasteiger partial charge in [-0.3, -0.25) is 4.79 Å². The van der Waals surface area contributed by atoms with Crippen LogP contribution in [0.3, 0.4) is 0 Å². The van der Waals surface area contributed by atoms with Crippen molar-refractivity contribution in [3.63, 3.8) is 0 Å². The van der Waals surface area contributed by atoms with E-state index in [0.29, 0.717) is 24.6 Å². The van der Waals surface area contributed by atoms with Gasteiger partial charge in [-0.2, -0.15) is 0 Å². The van der Waals surface area contributed by atoms with Gasteiger partial charge in [0.15, 0.2) is 6.10 Å². The zero-order valence-electron chi connectivity index (χ0n) is 14.5. The Hall–Kier alpha value is -1.88. The van der Waals surface area contributed by atoms with E-state index in [1.54, 1.807) is 26.2 Å². The molecule has 0 radical (unpaired) electrons. The fourth-order valence-electron chi connectivity index (χ4n) is 2.97. The zero-order chi connectivity index (χ0) is 17.4. The first kappa shape index (κ1) is 18.5. The van der Waals surface area contributed by atoms with Crippen LogP contribution in [0, 0.1) is 5.92 Å². The van der Waals surface area contributed by atoms with E-state index >= 15 is 0 Å². The summed E-state index contributed by atoms with van der Waals surface area (Å²) >= 11 is 0. The fourth-order valence-corrected chi connectivity index (χ4v) is 2.97. The number of rotatable bonds is 7. The number of carbonyl (C=O) groups is 2. The lowest BCUT2D eigenvalue weighted by atomic mass is 9.89. The van der Waals surface area contributed by atoms with Gasteiger partial charge in [0.2, 0.25) is 0 Å². The molecule has 1 aromatic carbocycles. The summed E-state index contributed by atoms with van der Waals surface area (Å²) in [6.07, 6.45) is 5.32. The van der Waals surface area contributed by atoms with E-state index in [9.17, 15) is 9.59 Å². The van der Waals surface area contributed by atoms with Crippen molar-refractivity contribution in [1.82, 2.24) is 5.32 Å². The molecule has 1 aromatic rings. The molecule has 0 spiro atoms. The Labute approximate surface area is 143 Å². The van der Waals surface area contributed by atoms with Gasteiger partial charge in [0.1, 0.15) is 0 Å². The minimum absolute atomic E-state index is 0.232. The first-order valence-electron chi connectivity index (χ1n) is 8.66. The van der Waals surface area contributed by atoms with Crippen LogP contribution < -0.4 is 5.32 Å². The molecule has 5 nitrogen and oxygen atoms in total. The predicted octanol–water partition coefficient (Wildman–Crippen LogP) is 3.07. The van der Waals surface area contributed by atoms with Crippen molar-refractivity contribution >= 4 is 11.9 Å².